The van der Waals surface area contributed by atoms with Gasteiger partial charge in [-0.25, -0.2) is 4.79 Å². The Balaban J connectivity index is 1.86. The fourth-order valence-electron chi connectivity index (χ4n) is 11.0. The number of aromatic amines is 1. The third-order valence-electron chi connectivity index (χ3n) is 17.3. The number of para-hydroxylation sites is 1. The van der Waals surface area contributed by atoms with Crippen LogP contribution in [0, 0.1) is 11.8 Å². The number of carbonyl (C=O) groups is 16. The van der Waals surface area contributed by atoms with Crippen LogP contribution >= 0.6 is 0 Å². The molecule has 0 saturated carbocycles. The Morgan fingerprint density at radius 3 is 1.64 bits per heavy atom. The minimum Gasteiger partial charge on any atom is -0.481 e. The monoisotopic (exact) mass is 1480 g/mol. The molecule has 4 rings (SSSR count). The first kappa shape index (κ1) is 86.7. The maximum atomic E-state index is 14.8. The predicted octanol–water partition coefficient (Wildman–Crippen LogP) is -5.10. The summed E-state index contributed by atoms with van der Waals surface area (Å²) in [6.45, 7) is 4.55. The molecule has 1 aromatic heterocycles. The fourth-order valence-corrected chi connectivity index (χ4v) is 11.0. The smallest absolute Gasteiger partial charge is 0.329 e. The zero-order chi connectivity index (χ0) is 78.0. The van der Waals surface area contributed by atoms with Crippen molar-refractivity contribution in [2.45, 2.75) is 197 Å². The van der Waals surface area contributed by atoms with Crippen molar-refractivity contribution in [3.05, 3.63) is 71.9 Å². The van der Waals surface area contributed by atoms with Crippen molar-refractivity contribution >= 4 is 106 Å². The minimum absolute atomic E-state index is 0.217. The molecular weight excluding hydrogens is 1380 g/mol. The van der Waals surface area contributed by atoms with Gasteiger partial charge < -0.3 is 111 Å². The molecule has 578 valence electrons. The summed E-state index contributed by atoms with van der Waals surface area (Å²) in [4.78, 5) is 223. The van der Waals surface area contributed by atoms with Crippen LogP contribution in [0.1, 0.15) is 123 Å². The number of unbranched alkanes of at least 4 members (excludes halogenated alkanes) is 1. The van der Waals surface area contributed by atoms with Gasteiger partial charge in [-0.1, -0.05) is 108 Å². The first-order valence-electron chi connectivity index (χ1n) is 34.6. The second-order valence-electron chi connectivity index (χ2n) is 25.7. The zero-order valence-electron chi connectivity index (χ0n) is 59.3. The number of aromatic nitrogens is 1. The van der Waals surface area contributed by atoms with E-state index in [1.165, 1.54) is 0 Å². The Bertz CT molecular complexity index is 3520. The second-order valence-corrected chi connectivity index (χ2v) is 25.7. The van der Waals surface area contributed by atoms with Gasteiger partial charge in [0.1, 0.15) is 66.5 Å². The Morgan fingerprint density at radius 1 is 0.590 bits per heavy atom. The van der Waals surface area contributed by atoms with Crippen LogP contribution in [0.5, 0.6) is 0 Å². The van der Waals surface area contributed by atoms with E-state index in [1.807, 2.05) is 12.2 Å². The predicted molar refractivity (Wildman–Crippen MR) is 374 cm³/mol. The quantitative estimate of drug-likeness (QED) is 0.0239. The largest absolute Gasteiger partial charge is 0.481 e. The van der Waals surface area contributed by atoms with Crippen LogP contribution in [0.4, 0.5) is 0 Å². The number of rotatable bonds is 28. The molecule has 0 aliphatic carbocycles. The number of aliphatic hydroxyl groups excluding tert-OH is 2. The first-order chi connectivity index (χ1) is 49.8. The molecule has 0 bridgehead atoms. The molecule has 1 saturated heterocycles. The second kappa shape index (κ2) is 44.1. The number of esters is 1. The van der Waals surface area contributed by atoms with Gasteiger partial charge in [-0.15, -0.1) is 0 Å². The molecule has 3 aromatic rings. The lowest BCUT2D eigenvalue weighted by atomic mass is 9.96. The number of fused-ring (bicyclic) bond motifs is 1. The lowest BCUT2D eigenvalue weighted by Crippen LogP contribution is -2.62. The van der Waals surface area contributed by atoms with Crippen molar-refractivity contribution in [2.24, 2.45) is 29.0 Å². The number of carboxylic acid groups (broad SMARTS) is 2. The van der Waals surface area contributed by atoms with Crippen LogP contribution in [0.25, 0.3) is 10.9 Å². The molecule has 37 nitrogen and oxygen atoms in total. The van der Waals surface area contributed by atoms with E-state index in [9.17, 15) is 97.1 Å². The van der Waals surface area contributed by atoms with E-state index in [-0.39, 0.29) is 38.6 Å². The number of carboxylic acids is 2. The number of ether oxygens (including phenoxy) is 1. The van der Waals surface area contributed by atoms with E-state index in [2.05, 4.69) is 70.4 Å². The standard InChI is InChI=1S/C68H100N16O21/c1-6-35(3)15-11-12-18-40(86)27-52(88)77-50(34-85)65(101)84-58-37(5)105-68(104)49(25-38-16-9-8-10-17-38)82-62(98)44(22-24-70)78-66(102)57(36(4)7-2)83-64(100)45(26-39-31-72-42-20-14-13-19-41(39)42)75-53(89)32-73-60(96)48(30-56(93)94)81-63(99)46(28-51(71)87)76-54(90)33-74-59(95)47(29-55(91)92)80-61(97)43(21-23-69)79-67(58)103/h8-10,13-14,16-17,19-20,31,35-37,40,43-50,57-58,72,85-86H,6-7,11-12,15,18,21-30,32-34,69-70H2,1-5H3,(H2,71,87)(H,73,96)(H,74,95)(H,75,89)(H,76,90)(H,77,88)(H,78,102)(H,79,103)(H,80,97)(H,81,99)(H,82,98)(H,83,100)(H,84,101)(H,91,92)(H,93,94)/t35?,36-,37+,40?,43?,44-,45-,46+,47-,48+,49?,50+,57?,58?/m0/s1. The third-order valence-corrected chi connectivity index (χ3v) is 17.3. The molecule has 6 unspecified atom stereocenters. The fraction of sp³-hybridized carbons (Fsp3) is 0.559. The van der Waals surface area contributed by atoms with E-state index in [1.54, 1.807) is 74.6 Å². The van der Waals surface area contributed by atoms with Crippen LogP contribution in [0.2, 0.25) is 0 Å². The van der Waals surface area contributed by atoms with Gasteiger partial charge in [0.05, 0.1) is 51.5 Å². The Morgan fingerprint density at radius 2 is 1.10 bits per heavy atom. The van der Waals surface area contributed by atoms with Crippen LogP contribution in [0.15, 0.2) is 60.8 Å². The third kappa shape index (κ3) is 29.5. The van der Waals surface area contributed by atoms with Crippen molar-refractivity contribution in [1.29, 1.82) is 0 Å². The van der Waals surface area contributed by atoms with Crippen LogP contribution in [-0.2, 0) is 94.3 Å². The number of aliphatic hydroxyl groups is 2. The topological polar surface area (TPSA) is 601 Å². The van der Waals surface area contributed by atoms with Gasteiger partial charge in [0, 0.05) is 29.9 Å². The van der Waals surface area contributed by atoms with E-state index in [4.69, 9.17) is 21.9 Å². The molecule has 0 radical (unpaired) electrons. The van der Waals surface area contributed by atoms with E-state index >= 15 is 0 Å². The van der Waals surface area contributed by atoms with Crippen molar-refractivity contribution in [3.63, 3.8) is 0 Å². The average Bonchev–Trinajstić information content (AvgIpc) is 1.72. The Labute approximate surface area is 605 Å². The summed E-state index contributed by atoms with van der Waals surface area (Å²) in [6, 6.07) is -3.51. The molecule has 23 N–H and O–H groups in total. The molecule has 1 aliphatic rings. The average molecular weight is 1480 g/mol. The number of amides is 13. The number of cyclic esters (lactones) is 1. The Kier molecular flexibility index (Phi) is 36.4. The van der Waals surface area contributed by atoms with Crippen LogP contribution in [-0.4, -0.2) is 226 Å². The number of benzene rings is 2. The van der Waals surface area contributed by atoms with E-state index in [0.29, 0.717) is 34.4 Å². The molecule has 2 aromatic carbocycles. The maximum absolute atomic E-state index is 14.8. The van der Waals surface area contributed by atoms with Gasteiger partial charge in [0.25, 0.3) is 0 Å². The SMILES string of the molecule is CCC(C)CCCCC(O)CC(=O)N[C@H](CO)C(=O)NC1C(=O)NC(CCN)C(=O)N[C@@H](CC(=O)O)C(=O)NCC(=O)N[C@H](CC(N)=O)C(=O)N[C@H](CC(=O)O)C(=O)NCC(=O)N[C@@H](Cc2c[nH]c3ccccc23)C(=O)NC([C@@H](C)CC)C(=O)N[C@@H](CCN)C(=O)NC(Cc2ccccc2)C(=O)O[C@@H]1C. The lowest BCUT2D eigenvalue weighted by molar-refractivity contribution is -0.156. The van der Waals surface area contributed by atoms with Gasteiger partial charge in [-0.2, -0.15) is 0 Å². The molecular formula is C68H100N16O21. The molecule has 0 spiro atoms. The summed E-state index contributed by atoms with van der Waals surface area (Å²) >= 11 is 0. The molecule has 1 fully saturated rings. The zero-order valence-corrected chi connectivity index (χ0v) is 59.3. The normalized spacial score (nSPS) is 23.3. The lowest BCUT2D eigenvalue weighted by Gasteiger charge is -2.30. The number of hydrogen-bond donors (Lipinski definition) is 20. The van der Waals surface area contributed by atoms with Crippen molar-refractivity contribution < 1.29 is 102 Å². The molecule has 14 atom stereocenters. The van der Waals surface area contributed by atoms with E-state index in [0.717, 1.165) is 26.2 Å². The number of nitrogens with two attached hydrogens (primary N) is 3. The molecule has 2 heterocycles. The first-order valence-corrected chi connectivity index (χ1v) is 34.6. The number of carbonyl (C=O) groups excluding carboxylic acids is 14. The maximum Gasteiger partial charge on any atom is 0.329 e. The number of hydrogen-bond acceptors (Lipinski definition) is 21. The van der Waals surface area contributed by atoms with Crippen LogP contribution in [0.3, 0.4) is 0 Å². The van der Waals surface area contributed by atoms with Gasteiger partial charge in [0.15, 0.2) is 0 Å². The molecule has 37 heteroatoms. The summed E-state index contributed by atoms with van der Waals surface area (Å²) in [5.41, 5.74) is 18.8. The molecule has 13 amide bonds. The molecule has 105 heavy (non-hydrogen) atoms. The highest BCUT2D eigenvalue weighted by molar-refractivity contribution is 6.01. The number of nitrogens with one attached hydrogen (secondary N) is 13. The van der Waals surface area contributed by atoms with E-state index < -0.39 is 232 Å². The van der Waals surface area contributed by atoms with Crippen LogP contribution < -0.4 is 81.0 Å². The summed E-state index contributed by atoms with van der Waals surface area (Å²) in [7, 11) is 0. The highest BCUT2D eigenvalue weighted by Crippen LogP contribution is 2.21. The van der Waals surface area contributed by atoms with Gasteiger partial charge in [0.2, 0.25) is 76.8 Å². The van der Waals surface area contributed by atoms with Crippen molar-refractivity contribution in [3.8, 4) is 0 Å². The highest BCUT2D eigenvalue weighted by Gasteiger charge is 2.40. The highest BCUT2D eigenvalue weighted by atomic mass is 16.5. The van der Waals surface area contributed by atoms with Crippen molar-refractivity contribution in [2.75, 3.05) is 32.8 Å². The molecule has 1 aliphatic heterocycles. The number of H-pyrrole nitrogens is 1. The summed E-state index contributed by atoms with van der Waals surface area (Å²) in [6.07, 6.45) is -3.23. The van der Waals surface area contributed by atoms with Gasteiger partial charge >= 0.3 is 17.9 Å². The minimum atomic E-state index is -2.14. The number of primary amides is 1. The summed E-state index contributed by atoms with van der Waals surface area (Å²) < 4.78 is 5.87. The van der Waals surface area contributed by atoms with Gasteiger partial charge in [-0.3, -0.25) is 71.9 Å². The number of aliphatic carboxylic acids is 2. The summed E-state index contributed by atoms with van der Waals surface area (Å²) in [5.74, 6) is -20.5. The summed E-state index contributed by atoms with van der Waals surface area (Å²) in [5, 5.41) is 69.2. The Hall–Kier alpha value is -10.7. The van der Waals surface area contributed by atoms with Gasteiger partial charge in [-0.05, 0) is 68.3 Å². The van der Waals surface area contributed by atoms with Crippen molar-refractivity contribution in [1.82, 2.24) is 68.8 Å².